The third-order valence-electron chi connectivity index (χ3n) is 3.74. The number of nitrogen functional groups attached to an aromatic ring is 1. The summed E-state index contributed by atoms with van der Waals surface area (Å²) in [4.78, 5) is 13.2. The lowest BCUT2D eigenvalue weighted by Gasteiger charge is -2.26. The van der Waals surface area contributed by atoms with Gasteiger partial charge in [-0.1, -0.05) is 0 Å². The van der Waals surface area contributed by atoms with Crippen molar-refractivity contribution >= 4 is 11.7 Å². The van der Waals surface area contributed by atoms with E-state index in [1.54, 1.807) is 6.92 Å². The molecule has 0 aromatic carbocycles. The van der Waals surface area contributed by atoms with Crippen molar-refractivity contribution < 1.29 is 4.79 Å². The van der Waals surface area contributed by atoms with Crippen LogP contribution in [-0.4, -0.2) is 27.1 Å². The Balaban J connectivity index is 1.86. The fraction of sp³-hybridized carbons (Fsp3) is 0.667. The maximum atomic E-state index is 11.4. The van der Waals surface area contributed by atoms with Crippen LogP contribution in [0, 0.1) is 5.92 Å². The number of nitrogens with two attached hydrogens (primary N) is 1. The highest BCUT2D eigenvalue weighted by Crippen LogP contribution is 2.33. The Morgan fingerprint density at radius 3 is 2.94 bits per heavy atom. The third kappa shape index (κ3) is 1.90. The predicted molar refractivity (Wildman–Crippen MR) is 64.2 cm³/mol. The van der Waals surface area contributed by atoms with Crippen LogP contribution in [0.1, 0.15) is 31.0 Å². The number of nitrogens with zero attached hydrogens (tertiary/aromatic N) is 3. The van der Waals surface area contributed by atoms with Crippen molar-refractivity contribution in [1.29, 1.82) is 0 Å². The van der Waals surface area contributed by atoms with Gasteiger partial charge in [0.25, 0.3) is 0 Å². The molecule has 0 spiro atoms. The van der Waals surface area contributed by atoms with E-state index in [1.165, 1.54) is 18.5 Å². The van der Waals surface area contributed by atoms with Crippen LogP contribution in [0.2, 0.25) is 0 Å². The van der Waals surface area contributed by atoms with E-state index >= 15 is 0 Å². The molecule has 2 aliphatic rings. The molecule has 0 bridgehead atoms. The number of fused-ring (bicyclic) bond motifs is 1. The second-order valence-electron chi connectivity index (χ2n) is 5.13. The SMILES string of the molecule is CC(=O)N1CCc2c(c(N)nn2CC2CC2)C1. The van der Waals surface area contributed by atoms with E-state index in [2.05, 4.69) is 9.78 Å². The van der Waals surface area contributed by atoms with Crippen LogP contribution in [0.3, 0.4) is 0 Å². The standard InChI is InChI=1S/C12H18N4O/c1-8(17)15-5-4-11-10(7-15)12(13)14-16(11)6-9-2-3-9/h9H,2-7H2,1H3,(H2,13,14). The van der Waals surface area contributed by atoms with E-state index in [4.69, 9.17) is 5.73 Å². The van der Waals surface area contributed by atoms with Crippen molar-refractivity contribution in [2.45, 2.75) is 39.3 Å². The monoisotopic (exact) mass is 234 g/mol. The predicted octanol–water partition coefficient (Wildman–Crippen LogP) is 0.780. The molecule has 0 radical (unpaired) electrons. The highest BCUT2D eigenvalue weighted by molar-refractivity contribution is 5.73. The molecule has 1 aliphatic carbocycles. The average Bonchev–Trinajstić information content (AvgIpc) is 3.05. The first-order chi connectivity index (χ1) is 8.15. The van der Waals surface area contributed by atoms with Gasteiger partial charge in [0, 0.05) is 37.7 Å². The molecule has 92 valence electrons. The molecule has 17 heavy (non-hydrogen) atoms. The minimum absolute atomic E-state index is 0.116. The lowest BCUT2D eigenvalue weighted by molar-refractivity contribution is -0.129. The average molecular weight is 234 g/mol. The molecular formula is C12H18N4O. The summed E-state index contributed by atoms with van der Waals surface area (Å²) < 4.78 is 2.07. The summed E-state index contributed by atoms with van der Waals surface area (Å²) >= 11 is 0. The Morgan fingerprint density at radius 2 is 2.29 bits per heavy atom. The molecule has 0 atom stereocenters. The zero-order chi connectivity index (χ0) is 12.0. The Kier molecular flexibility index (Phi) is 2.34. The first-order valence-electron chi connectivity index (χ1n) is 6.24. The van der Waals surface area contributed by atoms with Gasteiger partial charge in [-0.2, -0.15) is 5.10 Å². The maximum Gasteiger partial charge on any atom is 0.219 e. The number of carbonyl (C=O) groups is 1. The van der Waals surface area contributed by atoms with Gasteiger partial charge in [-0.05, 0) is 18.8 Å². The van der Waals surface area contributed by atoms with Crippen LogP contribution < -0.4 is 5.73 Å². The van der Waals surface area contributed by atoms with Crippen molar-refractivity contribution in [1.82, 2.24) is 14.7 Å². The third-order valence-corrected chi connectivity index (χ3v) is 3.74. The number of hydrogen-bond acceptors (Lipinski definition) is 3. The number of hydrogen-bond donors (Lipinski definition) is 1. The van der Waals surface area contributed by atoms with Crippen molar-refractivity contribution in [3.63, 3.8) is 0 Å². The zero-order valence-corrected chi connectivity index (χ0v) is 10.1. The molecule has 2 heterocycles. The number of aromatic nitrogens is 2. The van der Waals surface area contributed by atoms with Crippen LogP contribution >= 0.6 is 0 Å². The summed E-state index contributed by atoms with van der Waals surface area (Å²) in [5, 5.41) is 4.42. The van der Waals surface area contributed by atoms with Crippen molar-refractivity contribution in [2.24, 2.45) is 5.92 Å². The second kappa shape index (κ2) is 3.75. The number of amides is 1. The molecule has 5 nitrogen and oxygen atoms in total. The van der Waals surface area contributed by atoms with E-state index in [-0.39, 0.29) is 5.91 Å². The van der Waals surface area contributed by atoms with E-state index in [1.807, 2.05) is 4.90 Å². The van der Waals surface area contributed by atoms with Gasteiger partial charge in [0.1, 0.15) is 0 Å². The zero-order valence-electron chi connectivity index (χ0n) is 10.1. The van der Waals surface area contributed by atoms with Gasteiger partial charge in [0.2, 0.25) is 5.91 Å². The largest absolute Gasteiger partial charge is 0.382 e. The summed E-state index contributed by atoms with van der Waals surface area (Å²) in [6, 6.07) is 0. The van der Waals surface area contributed by atoms with Crippen LogP contribution in [0.15, 0.2) is 0 Å². The molecule has 1 saturated carbocycles. The lowest BCUT2D eigenvalue weighted by atomic mass is 10.1. The van der Waals surface area contributed by atoms with Gasteiger partial charge in [-0.3, -0.25) is 9.48 Å². The fourth-order valence-corrected chi connectivity index (χ4v) is 2.48. The smallest absolute Gasteiger partial charge is 0.219 e. The Labute approximate surface area is 101 Å². The van der Waals surface area contributed by atoms with Gasteiger partial charge in [0.15, 0.2) is 5.82 Å². The van der Waals surface area contributed by atoms with E-state index < -0.39 is 0 Å². The summed E-state index contributed by atoms with van der Waals surface area (Å²) in [6.07, 6.45) is 3.51. The lowest BCUT2D eigenvalue weighted by Crippen LogP contribution is -2.34. The van der Waals surface area contributed by atoms with Gasteiger partial charge in [0.05, 0.1) is 6.54 Å². The normalized spacial score (nSPS) is 19.2. The summed E-state index contributed by atoms with van der Waals surface area (Å²) in [5.41, 5.74) is 8.26. The molecule has 0 unspecified atom stereocenters. The summed E-state index contributed by atoms with van der Waals surface area (Å²) in [5.74, 6) is 1.51. The van der Waals surface area contributed by atoms with E-state index in [9.17, 15) is 4.79 Å². The maximum absolute atomic E-state index is 11.4. The molecule has 1 aromatic heterocycles. The highest BCUT2D eigenvalue weighted by Gasteiger charge is 2.28. The fourth-order valence-electron chi connectivity index (χ4n) is 2.48. The Morgan fingerprint density at radius 1 is 1.53 bits per heavy atom. The van der Waals surface area contributed by atoms with Gasteiger partial charge in [-0.15, -0.1) is 0 Å². The van der Waals surface area contributed by atoms with E-state index in [0.29, 0.717) is 12.4 Å². The van der Waals surface area contributed by atoms with Crippen LogP contribution in [0.25, 0.3) is 0 Å². The Hall–Kier alpha value is -1.52. The summed E-state index contributed by atoms with van der Waals surface area (Å²) in [6.45, 7) is 4.02. The topological polar surface area (TPSA) is 64.2 Å². The molecule has 0 saturated heterocycles. The van der Waals surface area contributed by atoms with Crippen LogP contribution in [0.4, 0.5) is 5.82 Å². The van der Waals surface area contributed by atoms with Gasteiger partial charge < -0.3 is 10.6 Å². The molecule has 2 N–H and O–H groups in total. The van der Waals surface area contributed by atoms with Crippen molar-refractivity contribution in [2.75, 3.05) is 12.3 Å². The van der Waals surface area contributed by atoms with Gasteiger partial charge in [-0.25, -0.2) is 0 Å². The number of rotatable bonds is 2. The molecule has 5 heteroatoms. The van der Waals surface area contributed by atoms with E-state index in [0.717, 1.165) is 31.0 Å². The molecule has 1 aliphatic heterocycles. The second-order valence-corrected chi connectivity index (χ2v) is 5.13. The van der Waals surface area contributed by atoms with Crippen molar-refractivity contribution in [3.8, 4) is 0 Å². The molecule has 1 amide bonds. The quantitative estimate of drug-likeness (QED) is 0.822. The minimum Gasteiger partial charge on any atom is -0.382 e. The highest BCUT2D eigenvalue weighted by atomic mass is 16.2. The van der Waals surface area contributed by atoms with Crippen LogP contribution in [0.5, 0.6) is 0 Å². The van der Waals surface area contributed by atoms with Gasteiger partial charge >= 0.3 is 0 Å². The molecule has 1 aromatic rings. The first kappa shape index (κ1) is 10.6. The summed E-state index contributed by atoms with van der Waals surface area (Å²) in [7, 11) is 0. The number of anilines is 1. The molecule has 1 fully saturated rings. The number of carbonyl (C=O) groups excluding carboxylic acids is 1. The Bertz CT molecular complexity index is 461. The van der Waals surface area contributed by atoms with Crippen LogP contribution in [-0.2, 0) is 24.3 Å². The molecule has 3 rings (SSSR count). The first-order valence-corrected chi connectivity index (χ1v) is 6.24. The van der Waals surface area contributed by atoms with Crippen molar-refractivity contribution in [3.05, 3.63) is 11.3 Å². The molecular weight excluding hydrogens is 216 g/mol. The minimum atomic E-state index is 0.116.